The van der Waals surface area contributed by atoms with Gasteiger partial charge in [-0.2, -0.15) is 0 Å². The average Bonchev–Trinajstić information content (AvgIpc) is 2.18. The maximum atomic E-state index is 9.16. The molecule has 2 rings (SSSR count). The van der Waals surface area contributed by atoms with E-state index in [4.69, 9.17) is 15.6 Å². The Morgan fingerprint density at radius 2 is 2.20 bits per heavy atom. The van der Waals surface area contributed by atoms with Crippen molar-refractivity contribution < 1.29 is 9.84 Å². The molecule has 1 aromatic rings. The van der Waals surface area contributed by atoms with Crippen molar-refractivity contribution >= 4 is 11.4 Å². The van der Waals surface area contributed by atoms with Gasteiger partial charge in [-0.1, -0.05) is 0 Å². The van der Waals surface area contributed by atoms with E-state index in [2.05, 4.69) is 5.32 Å². The molecule has 0 unspecified atom stereocenters. The molecule has 4 N–H and O–H groups in total. The molecule has 0 spiro atoms. The van der Waals surface area contributed by atoms with Crippen LogP contribution in [0.4, 0.5) is 11.4 Å². The Morgan fingerprint density at radius 1 is 1.47 bits per heavy atom. The molecule has 0 atom stereocenters. The highest BCUT2D eigenvalue weighted by Gasteiger charge is 2.27. The van der Waals surface area contributed by atoms with Crippen molar-refractivity contribution in [2.75, 3.05) is 18.2 Å². The molecule has 0 amide bonds. The van der Waals surface area contributed by atoms with E-state index in [1.165, 1.54) is 0 Å². The van der Waals surface area contributed by atoms with Crippen molar-refractivity contribution in [1.82, 2.24) is 0 Å². The minimum Gasteiger partial charge on any atom is -0.497 e. The normalized spacial score (nSPS) is 24.4. The summed E-state index contributed by atoms with van der Waals surface area (Å²) in [6, 6.07) is 5.90. The van der Waals surface area contributed by atoms with Gasteiger partial charge < -0.3 is 20.9 Å². The zero-order chi connectivity index (χ0) is 10.8. The summed E-state index contributed by atoms with van der Waals surface area (Å²) in [6.07, 6.45) is 1.44. The van der Waals surface area contributed by atoms with Gasteiger partial charge in [0.25, 0.3) is 0 Å². The van der Waals surface area contributed by atoms with Crippen LogP contribution in [-0.4, -0.2) is 24.4 Å². The van der Waals surface area contributed by atoms with Crippen LogP contribution in [0.2, 0.25) is 0 Å². The molecular weight excluding hydrogens is 192 g/mol. The molecule has 1 aliphatic carbocycles. The van der Waals surface area contributed by atoms with E-state index in [1.807, 2.05) is 12.1 Å². The molecule has 1 aromatic carbocycles. The third-order valence-corrected chi connectivity index (χ3v) is 2.73. The van der Waals surface area contributed by atoms with Gasteiger partial charge in [0.1, 0.15) is 5.75 Å². The third kappa shape index (κ3) is 2.15. The Morgan fingerprint density at radius 3 is 2.73 bits per heavy atom. The van der Waals surface area contributed by atoms with E-state index < -0.39 is 0 Å². The van der Waals surface area contributed by atoms with Gasteiger partial charge in [-0.15, -0.1) is 0 Å². The largest absolute Gasteiger partial charge is 0.497 e. The summed E-state index contributed by atoms with van der Waals surface area (Å²) in [4.78, 5) is 0. The summed E-state index contributed by atoms with van der Waals surface area (Å²) in [5.74, 6) is 0.756. The van der Waals surface area contributed by atoms with Crippen LogP contribution in [0.1, 0.15) is 12.8 Å². The number of anilines is 2. The van der Waals surface area contributed by atoms with Gasteiger partial charge in [-0.3, -0.25) is 0 Å². The van der Waals surface area contributed by atoms with Gasteiger partial charge in [-0.05, 0) is 25.0 Å². The standard InChI is InChI=1S/C11H16N2O2/c1-15-9-2-3-11(10(12)6-9)13-7-4-8(14)5-7/h2-3,6-8,13-14H,4-5,12H2,1H3. The fourth-order valence-electron chi connectivity index (χ4n) is 1.72. The fraction of sp³-hybridized carbons (Fsp3) is 0.455. The van der Waals surface area contributed by atoms with Gasteiger partial charge in [-0.25, -0.2) is 0 Å². The van der Waals surface area contributed by atoms with E-state index in [1.54, 1.807) is 13.2 Å². The van der Waals surface area contributed by atoms with Crippen molar-refractivity contribution in [2.24, 2.45) is 0 Å². The number of aliphatic hydroxyl groups is 1. The zero-order valence-electron chi connectivity index (χ0n) is 8.73. The summed E-state index contributed by atoms with van der Waals surface area (Å²) in [5.41, 5.74) is 7.44. The predicted molar refractivity (Wildman–Crippen MR) is 60.1 cm³/mol. The van der Waals surface area contributed by atoms with Gasteiger partial charge in [0, 0.05) is 12.1 Å². The molecule has 1 aliphatic rings. The lowest BCUT2D eigenvalue weighted by Gasteiger charge is -2.33. The number of hydrogen-bond donors (Lipinski definition) is 3. The first-order valence-corrected chi connectivity index (χ1v) is 5.07. The zero-order valence-corrected chi connectivity index (χ0v) is 8.73. The van der Waals surface area contributed by atoms with Crippen LogP contribution in [0.15, 0.2) is 18.2 Å². The summed E-state index contributed by atoms with van der Waals surface area (Å²) in [7, 11) is 1.62. The van der Waals surface area contributed by atoms with Gasteiger partial charge >= 0.3 is 0 Å². The highest BCUT2D eigenvalue weighted by Crippen LogP contribution is 2.29. The predicted octanol–water partition coefficient (Wildman–Crippen LogP) is 1.21. The number of ether oxygens (including phenoxy) is 1. The van der Waals surface area contributed by atoms with Crippen molar-refractivity contribution in [1.29, 1.82) is 0 Å². The van der Waals surface area contributed by atoms with Gasteiger partial charge in [0.2, 0.25) is 0 Å². The molecule has 4 nitrogen and oxygen atoms in total. The van der Waals surface area contributed by atoms with E-state index >= 15 is 0 Å². The second-order valence-corrected chi connectivity index (χ2v) is 3.92. The Labute approximate surface area is 89.0 Å². The van der Waals surface area contributed by atoms with E-state index in [0.717, 1.165) is 24.3 Å². The summed E-state index contributed by atoms with van der Waals surface area (Å²) in [5, 5.41) is 12.4. The Bertz CT molecular complexity index is 348. The number of nitrogens with two attached hydrogens (primary N) is 1. The van der Waals surface area contributed by atoms with Crippen LogP contribution in [-0.2, 0) is 0 Å². The first-order valence-electron chi connectivity index (χ1n) is 5.07. The van der Waals surface area contributed by atoms with E-state index in [9.17, 15) is 0 Å². The average molecular weight is 208 g/mol. The van der Waals surface area contributed by atoms with Crippen LogP contribution in [0.3, 0.4) is 0 Å². The lowest BCUT2D eigenvalue weighted by Crippen LogP contribution is -2.39. The molecule has 0 bridgehead atoms. The fourth-order valence-corrected chi connectivity index (χ4v) is 1.72. The molecule has 0 aliphatic heterocycles. The number of nitrogens with one attached hydrogen (secondary N) is 1. The number of benzene rings is 1. The summed E-state index contributed by atoms with van der Waals surface area (Å²) < 4.78 is 5.06. The smallest absolute Gasteiger partial charge is 0.121 e. The molecular formula is C11H16N2O2. The number of aliphatic hydroxyl groups excluding tert-OH is 1. The number of methoxy groups -OCH3 is 1. The van der Waals surface area contributed by atoms with Crippen LogP contribution < -0.4 is 15.8 Å². The number of hydrogen-bond acceptors (Lipinski definition) is 4. The van der Waals surface area contributed by atoms with Crippen molar-refractivity contribution in [3.8, 4) is 5.75 Å². The van der Waals surface area contributed by atoms with Gasteiger partial charge in [0.15, 0.2) is 0 Å². The quantitative estimate of drug-likeness (QED) is 0.653. The van der Waals surface area contributed by atoms with E-state index in [0.29, 0.717) is 11.7 Å². The maximum absolute atomic E-state index is 9.16. The molecule has 15 heavy (non-hydrogen) atoms. The maximum Gasteiger partial charge on any atom is 0.121 e. The minimum absolute atomic E-state index is 0.151. The summed E-state index contributed by atoms with van der Waals surface area (Å²) >= 11 is 0. The Balaban J connectivity index is 2.02. The molecule has 0 radical (unpaired) electrons. The molecule has 82 valence electrons. The lowest BCUT2D eigenvalue weighted by molar-refractivity contribution is 0.0837. The van der Waals surface area contributed by atoms with Crippen LogP contribution in [0.5, 0.6) is 5.75 Å². The van der Waals surface area contributed by atoms with Crippen molar-refractivity contribution in [3.05, 3.63) is 18.2 Å². The molecule has 0 saturated heterocycles. The second-order valence-electron chi connectivity index (χ2n) is 3.92. The van der Waals surface area contributed by atoms with Crippen molar-refractivity contribution in [3.63, 3.8) is 0 Å². The first kappa shape index (κ1) is 10.1. The van der Waals surface area contributed by atoms with Crippen LogP contribution in [0, 0.1) is 0 Å². The molecule has 1 fully saturated rings. The van der Waals surface area contributed by atoms with Crippen LogP contribution in [0.25, 0.3) is 0 Å². The second kappa shape index (κ2) is 3.98. The van der Waals surface area contributed by atoms with E-state index in [-0.39, 0.29) is 6.10 Å². The highest BCUT2D eigenvalue weighted by atomic mass is 16.5. The summed E-state index contributed by atoms with van der Waals surface area (Å²) in [6.45, 7) is 0. The SMILES string of the molecule is COc1ccc(NC2CC(O)C2)c(N)c1. The third-order valence-electron chi connectivity index (χ3n) is 2.73. The van der Waals surface area contributed by atoms with Gasteiger partial charge in [0.05, 0.1) is 24.6 Å². The Kier molecular flexibility index (Phi) is 2.68. The van der Waals surface area contributed by atoms with Crippen molar-refractivity contribution in [2.45, 2.75) is 25.0 Å². The number of nitrogen functional groups attached to an aromatic ring is 1. The van der Waals surface area contributed by atoms with Crippen LogP contribution >= 0.6 is 0 Å². The monoisotopic (exact) mass is 208 g/mol. The first-order chi connectivity index (χ1) is 7.19. The molecule has 0 heterocycles. The Hall–Kier alpha value is -1.42. The highest BCUT2D eigenvalue weighted by molar-refractivity contribution is 5.68. The lowest BCUT2D eigenvalue weighted by atomic mass is 9.89. The topological polar surface area (TPSA) is 67.5 Å². The number of rotatable bonds is 3. The molecule has 1 saturated carbocycles. The minimum atomic E-state index is -0.151. The molecule has 4 heteroatoms. The molecule has 0 aromatic heterocycles.